The molecule has 1 amide bonds. The van der Waals surface area contributed by atoms with Crippen molar-refractivity contribution in [1.82, 2.24) is 0 Å². The SMILES string of the molecule is N#Cc1c(NC(=O)CC2(N)CCCC2)sc2c1CCC2. The van der Waals surface area contributed by atoms with Crippen LogP contribution in [0.15, 0.2) is 0 Å². The zero-order valence-electron chi connectivity index (χ0n) is 11.5. The smallest absolute Gasteiger partial charge is 0.226 e. The van der Waals surface area contributed by atoms with E-state index >= 15 is 0 Å². The molecular formula is C15H19N3OS. The largest absolute Gasteiger partial charge is 0.325 e. The molecule has 106 valence electrons. The number of carbonyl (C=O) groups excluding carboxylic acids is 1. The number of aryl methyl sites for hydroxylation is 1. The number of hydrogen-bond donors (Lipinski definition) is 2. The lowest BCUT2D eigenvalue weighted by Crippen LogP contribution is -2.40. The summed E-state index contributed by atoms with van der Waals surface area (Å²) in [7, 11) is 0. The topological polar surface area (TPSA) is 78.9 Å². The fourth-order valence-electron chi connectivity index (χ4n) is 3.36. The predicted octanol–water partition coefficient (Wildman–Crippen LogP) is 2.71. The van der Waals surface area contributed by atoms with Crippen molar-refractivity contribution < 1.29 is 4.79 Å². The first-order chi connectivity index (χ1) is 9.61. The second kappa shape index (κ2) is 5.19. The van der Waals surface area contributed by atoms with Gasteiger partial charge in [-0.05, 0) is 37.7 Å². The van der Waals surface area contributed by atoms with Gasteiger partial charge in [-0.15, -0.1) is 11.3 Å². The van der Waals surface area contributed by atoms with Crippen LogP contribution in [0.1, 0.15) is 54.5 Å². The highest BCUT2D eigenvalue weighted by Gasteiger charge is 2.32. The lowest BCUT2D eigenvalue weighted by molar-refractivity contribution is -0.117. The lowest BCUT2D eigenvalue weighted by atomic mass is 9.94. The Bertz CT molecular complexity index is 579. The molecule has 2 aliphatic carbocycles. The van der Waals surface area contributed by atoms with E-state index in [4.69, 9.17) is 5.73 Å². The number of anilines is 1. The van der Waals surface area contributed by atoms with Gasteiger partial charge < -0.3 is 11.1 Å². The van der Waals surface area contributed by atoms with Crippen LogP contribution in [0.2, 0.25) is 0 Å². The third-order valence-electron chi connectivity index (χ3n) is 4.40. The van der Waals surface area contributed by atoms with Crippen LogP contribution in [0.4, 0.5) is 5.00 Å². The second-order valence-corrected chi connectivity index (χ2v) is 7.07. The van der Waals surface area contributed by atoms with Crippen LogP contribution in [0.3, 0.4) is 0 Å². The molecule has 20 heavy (non-hydrogen) atoms. The Labute approximate surface area is 123 Å². The van der Waals surface area contributed by atoms with Gasteiger partial charge in [-0.25, -0.2) is 0 Å². The number of amides is 1. The van der Waals surface area contributed by atoms with Crippen LogP contribution in [0, 0.1) is 11.3 Å². The van der Waals surface area contributed by atoms with Gasteiger partial charge in [0.15, 0.2) is 0 Å². The Morgan fingerprint density at radius 2 is 2.10 bits per heavy atom. The first kappa shape index (κ1) is 13.6. The van der Waals surface area contributed by atoms with E-state index in [2.05, 4.69) is 11.4 Å². The highest BCUT2D eigenvalue weighted by molar-refractivity contribution is 7.16. The van der Waals surface area contributed by atoms with E-state index < -0.39 is 0 Å². The summed E-state index contributed by atoms with van der Waals surface area (Å²) in [5, 5.41) is 12.9. The van der Waals surface area contributed by atoms with Crippen LogP contribution in [-0.2, 0) is 17.6 Å². The molecular weight excluding hydrogens is 270 g/mol. The molecule has 0 saturated heterocycles. The molecule has 1 heterocycles. The van der Waals surface area contributed by atoms with Crippen molar-refractivity contribution in [2.45, 2.75) is 56.9 Å². The van der Waals surface area contributed by atoms with Crippen molar-refractivity contribution in [1.29, 1.82) is 5.26 Å². The molecule has 0 bridgehead atoms. The Hall–Kier alpha value is -1.38. The van der Waals surface area contributed by atoms with E-state index in [1.54, 1.807) is 11.3 Å². The number of hydrogen-bond acceptors (Lipinski definition) is 4. The molecule has 0 spiro atoms. The van der Waals surface area contributed by atoms with E-state index in [1.807, 2.05) is 0 Å². The maximum Gasteiger partial charge on any atom is 0.226 e. The zero-order valence-corrected chi connectivity index (χ0v) is 12.3. The van der Waals surface area contributed by atoms with E-state index in [0.29, 0.717) is 12.0 Å². The number of thiophene rings is 1. The fourth-order valence-corrected chi connectivity index (χ4v) is 4.61. The van der Waals surface area contributed by atoms with Crippen LogP contribution >= 0.6 is 11.3 Å². The summed E-state index contributed by atoms with van der Waals surface area (Å²) in [5.74, 6) is -0.0502. The summed E-state index contributed by atoms with van der Waals surface area (Å²) in [4.78, 5) is 13.4. The third-order valence-corrected chi connectivity index (χ3v) is 5.61. The number of nitrogens with one attached hydrogen (secondary N) is 1. The van der Waals surface area contributed by atoms with Gasteiger partial charge in [-0.3, -0.25) is 4.79 Å². The lowest BCUT2D eigenvalue weighted by Gasteiger charge is -2.22. The van der Waals surface area contributed by atoms with Crippen LogP contribution in [0.5, 0.6) is 0 Å². The predicted molar refractivity (Wildman–Crippen MR) is 79.7 cm³/mol. The molecule has 2 aliphatic rings. The summed E-state index contributed by atoms with van der Waals surface area (Å²) in [6, 6.07) is 2.25. The maximum atomic E-state index is 12.2. The van der Waals surface area contributed by atoms with Crippen molar-refractivity contribution in [2.24, 2.45) is 5.73 Å². The molecule has 0 aliphatic heterocycles. The second-order valence-electron chi connectivity index (χ2n) is 5.97. The van der Waals surface area contributed by atoms with Gasteiger partial charge in [-0.1, -0.05) is 12.8 Å². The van der Waals surface area contributed by atoms with E-state index in [9.17, 15) is 10.1 Å². The Balaban J connectivity index is 1.72. The average molecular weight is 289 g/mol. The minimum Gasteiger partial charge on any atom is -0.325 e. The van der Waals surface area contributed by atoms with E-state index in [-0.39, 0.29) is 11.4 Å². The van der Waals surface area contributed by atoms with Gasteiger partial charge in [0.2, 0.25) is 5.91 Å². The highest BCUT2D eigenvalue weighted by atomic mass is 32.1. The molecule has 0 radical (unpaired) electrons. The summed E-state index contributed by atoms with van der Waals surface area (Å²) in [6.07, 6.45) is 7.55. The van der Waals surface area contributed by atoms with Gasteiger partial charge in [0, 0.05) is 16.8 Å². The number of nitriles is 1. The highest BCUT2D eigenvalue weighted by Crippen LogP contribution is 2.39. The van der Waals surface area contributed by atoms with Crippen LogP contribution in [0.25, 0.3) is 0 Å². The molecule has 3 N–H and O–H groups in total. The molecule has 3 rings (SSSR count). The summed E-state index contributed by atoms with van der Waals surface area (Å²) < 4.78 is 0. The quantitative estimate of drug-likeness (QED) is 0.898. The molecule has 1 aromatic rings. The van der Waals surface area contributed by atoms with Gasteiger partial charge in [0.1, 0.15) is 11.1 Å². The molecule has 4 nitrogen and oxygen atoms in total. The molecule has 0 atom stereocenters. The number of nitrogens with zero attached hydrogens (tertiary/aromatic N) is 1. The number of fused-ring (bicyclic) bond motifs is 1. The summed E-state index contributed by atoms with van der Waals surface area (Å²) in [5.41, 5.74) is 7.72. The number of nitrogens with two attached hydrogens (primary N) is 1. The number of carbonyl (C=O) groups is 1. The van der Waals surface area contributed by atoms with Gasteiger partial charge in [-0.2, -0.15) is 5.26 Å². The average Bonchev–Trinajstić information content (AvgIpc) is 3.05. The van der Waals surface area contributed by atoms with E-state index in [0.717, 1.165) is 55.5 Å². The molecule has 1 aromatic heterocycles. The van der Waals surface area contributed by atoms with Crippen molar-refractivity contribution in [3.63, 3.8) is 0 Å². The number of rotatable bonds is 3. The van der Waals surface area contributed by atoms with Gasteiger partial charge in [0.05, 0.1) is 5.56 Å². The minimum absolute atomic E-state index is 0.0502. The Morgan fingerprint density at radius 3 is 2.80 bits per heavy atom. The van der Waals surface area contributed by atoms with E-state index in [1.165, 1.54) is 4.88 Å². The zero-order chi connectivity index (χ0) is 14.2. The molecule has 1 fully saturated rings. The van der Waals surface area contributed by atoms with Crippen molar-refractivity contribution in [2.75, 3.05) is 5.32 Å². The fraction of sp³-hybridized carbons (Fsp3) is 0.600. The Morgan fingerprint density at radius 1 is 1.35 bits per heavy atom. The molecule has 1 saturated carbocycles. The minimum atomic E-state index is -0.336. The first-order valence-electron chi connectivity index (χ1n) is 7.25. The maximum absolute atomic E-state index is 12.2. The van der Waals surface area contributed by atoms with Gasteiger partial charge in [0.25, 0.3) is 0 Å². The third kappa shape index (κ3) is 2.46. The van der Waals surface area contributed by atoms with Crippen LogP contribution in [-0.4, -0.2) is 11.4 Å². The Kier molecular flexibility index (Phi) is 3.53. The van der Waals surface area contributed by atoms with Gasteiger partial charge >= 0.3 is 0 Å². The standard InChI is InChI=1S/C15H19N3OS/c16-9-11-10-4-3-5-12(10)20-14(11)18-13(19)8-15(17)6-1-2-7-15/h1-8,17H2,(H,18,19). The van der Waals surface area contributed by atoms with Crippen molar-refractivity contribution in [3.8, 4) is 6.07 Å². The monoisotopic (exact) mass is 289 g/mol. The van der Waals surface area contributed by atoms with Crippen molar-refractivity contribution >= 4 is 22.2 Å². The molecule has 5 heteroatoms. The summed E-state index contributed by atoms with van der Waals surface area (Å²) in [6.45, 7) is 0. The molecule has 0 aromatic carbocycles. The molecule has 0 unspecified atom stereocenters. The normalized spacial score (nSPS) is 19.6. The summed E-state index contributed by atoms with van der Waals surface area (Å²) >= 11 is 1.56. The first-order valence-corrected chi connectivity index (χ1v) is 8.06. The van der Waals surface area contributed by atoms with Crippen LogP contribution < -0.4 is 11.1 Å². The van der Waals surface area contributed by atoms with Crippen molar-refractivity contribution in [3.05, 3.63) is 16.0 Å².